The molecule has 30 heavy (non-hydrogen) atoms. The van der Waals surface area contributed by atoms with Gasteiger partial charge in [-0.15, -0.1) is 0 Å². The number of hydrogen-bond acceptors (Lipinski definition) is 4. The number of nitrogens with one attached hydrogen (secondary N) is 2. The van der Waals surface area contributed by atoms with Crippen molar-refractivity contribution in [2.24, 2.45) is 0 Å². The number of amides is 2. The third-order valence-electron chi connectivity index (χ3n) is 4.84. The van der Waals surface area contributed by atoms with Crippen molar-refractivity contribution in [3.8, 4) is 0 Å². The van der Waals surface area contributed by atoms with Gasteiger partial charge in [-0.2, -0.15) is 0 Å². The third kappa shape index (κ3) is 6.89. The van der Waals surface area contributed by atoms with Gasteiger partial charge in [-0.25, -0.2) is 8.78 Å². The second-order valence-corrected chi connectivity index (χ2v) is 7.12. The molecule has 1 aliphatic heterocycles. The summed E-state index contributed by atoms with van der Waals surface area (Å²) in [4.78, 5) is 26.5. The van der Waals surface area contributed by atoms with Gasteiger partial charge in [0.1, 0.15) is 11.6 Å². The van der Waals surface area contributed by atoms with Crippen molar-refractivity contribution in [1.82, 2.24) is 4.90 Å². The quantitative estimate of drug-likeness (QED) is 0.692. The minimum Gasteiger partial charge on any atom is -0.379 e. The largest absolute Gasteiger partial charge is 0.379 e. The summed E-state index contributed by atoms with van der Waals surface area (Å²) in [5.41, 5.74) is 1.26. The predicted molar refractivity (Wildman–Crippen MR) is 110 cm³/mol. The van der Waals surface area contributed by atoms with Crippen LogP contribution >= 0.6 is 0 Å². The molecular weight excluding hydrogens is 392 g/mol. The van der Waals surface area contributed by atoms with Crippen LogP contribution in [0.15, 0.2) is 42.5 Å². The van der Waals surface area contributed by atoms with E-state index in [2.05, 4.69) is 15.5 Å². The molecule has 2 N–H and O–H groups in total. The Morgan fingerprint density at radius 2 is 1.63 bits per heavy atom. The SMILES string of the molecule is O=C(CCc1ccc(F)cc1)Nc1ccc(F)c(NC(=O)CCN2CCOCC2)c1. The highest BCUT2D eigenvalue weighted by Crippen LogP contribution is 2.20. The van der Waals surface area contributed by atoms with Gasteiger partial charge in [0.2, 0.25) is 11.8 Å². The van der Waals surface area contributed by atoms with E-state index in [1.54, 1.807) is 12.1 Å². The van der Waals surface area contributed by atoms with Crippen molar-refractivity contribution in [3.05, 3.63) is 59.7 Å². The van der Waals surface area contributed by atoms with Crippen LogP contribution in [0.5, 0.6) is 0 Å². The monoisotopic (exact) mass is 417 g/mol. The zero-order valence-electron chi connectivity index (χ0n) is 16.6. The average molecular weight is 417 g/mol. The van der Waals surface area contributed by atoms with E-state index >= 15 is 0 Å². The Kier molecular flexibility index (Phi) is 7.87. The molecule has 0 saturated carbocycles. The minimum absolute atomic E-state index is 0.0262. The standard InChI is InChI=1S/C22H25F2N3O3/c23-17-4-1-16(2-5-17)3-8-21(28)25-18-6-7-19(24)20(15-18)26-22(29)9-10-27-11-13-30-14-12-27/h1-2,4-7,15H,3,8-14H2,(H,25,28)(H,26,29). The molecule has 2 aromatic rings. The minimum atomic E-state index is -0.570. The Balaban J connectivity index is 1.49. The van der Waals surface area contributed by atoms with Crippen LogP contribution in [0, 0.1) is 11.6 Å². The summed E-state index contributed by atoms with van der Waals surface area (Å²) < 4.78 is 32.3. The highest BCUT2D eigenvalue weighted by Gasteiger charge is 2.14. The van der Waals surface area contributed by atoms with Crippen LogP contribution in [0.25, 0.3) is 0 Å². The smallest absolute Gasteiger partial charge is 0.225 e. The number of morpholine rings is 1. The van der Waals surface area contributed by atoms with Gasteiger partial charge < -0.3 is 15.4 Å². The Labute approximate surface area is 174 Å². The van der Waals surface area contributed by atoms with E-state index in [0.29, 0.717) is 31.9 Å². The summed E-state index contributed by atoms with van der Waals surface area (Å²) in [7, 11) is 0. The normalized spacial score (nSPS) is 14.3. The fraction of sp³-hybridized carbons (Fsp3) is 0.364. The molecule has 1 aliphatic rings. The van der Waals surface area contributed by atoms with Gasteiger partial charge >= 0.3 is 0 Å². The van der Waals surface area contributed by atoms with Gasteiger partial charge in [0.25, 0.3) is 0 Å². The van der Waals surface area contributed by atoms with Gasteiger partial charge in [-0.05, 0) is 42.3 Å². The number of halogens is 2. The number of rotatable bonds is 8. The van der Waals surface area contributed by atoms with Crippen LogP contribution < -0.4 is 10.6 Å². The number of carbonyl (C=O) groups excluding carboxylic acids is 2. The molecule has 2 amide bonds. The molecule has 160 valence electrons. The number of aryl methyl sites for hydroxylation is 1. The first-order valence-corrected chi connectivity index (χ1v) is 9.93. The molecule has 0 aromatic heterocycles. The molecule has 8 heteroatoms. The van der Waals surface area contributed by atoms with Crippen LogP contribution in [0.1, 0.15) is 18.4 Å². The Bertz CT molecular complexity index is 868. The summed E-state index contributed by atoms with van der Waals surface area (Å²) >= 11 is 0. The fourth-order valence-corrected chi connectivity index (χ4v) is 3.13. The summed E-state index contributed by atoms with van der Waals surface area (Å²) in [5.74, 6) is -1.44. The number of anilines is 2. The van der Waals surface area contributed by atoms with E-state index in [0.717, 1.165) is 18.7 Å². The number of carbonyl (C=O) groups is 2. The molecule has 0 spiro atoms. The molecular formula is C22H25F2N3O3. The van der Waals surface area contributed by atoms with E-state index in [1.807, 2.05) is 0 Å². The van der Waals surface area contributed by atoms with Crippen molar-refractivity contribution < 1.29 is 23.1 Å². The summed E-state index contributed by atoms with van der Waals surface area (Å²) in [6.07, 6.45) is 0.899. The highest BCUT2D eigenvalue weighted by atomic mass is 19.1. The fourth-order valence-electron chi connectivity index (χ4n) is 3.13. The number of hydrogen-bond donors (Lipinski definition) is 2. The van der Waals surface area contributed by atoms with Crippen LogP contribution in [0.3, 0.4) is 0 Å². The van der Waals surface area contributed by atoms with Gasteiger partial charge in [0.05, 0.1) is 18.9 Å². The molecule has 2 aromatic carbocycles. The summed E-state index contributed by atoms with van der Waals surface area (Å²) in [6.45, 7) is 3.44. The molecule has 3 rings (SSSR count). The van der Waals surface area contributed by atoms with Crippen LogP contribution in [-0.2, 0) is 20.7 Å². The first kappa shape index (κ1) is 21.9. The topological polar surface area (TPSA) is 70.7 Å². The average Bonchev–Trinajstić information content (AvgIpc) is 2.75. The highest BCUT2D eigenvalue weighted by molar-refractivity contribution is 5.94. The van der Waals surface area contributed by atoms with Gasteiger partial charge in [0.15, 0.2) is 0 Å². The lowest BCUT2D eigenvalue weighted by molar-refractivity contribution is -0.117. The molecule has 0 bridgehead atoms. The lowest BCUT2D eigenvalue weighted by Gasteiger charge is -2.26. The Hall–Kier alpha value is -2.84. The van der Waals surface area contributed by atoms with Crippen molar-refractivity contribution in [2.45, 2.75) is 19.3 Å². The number of nitrogens with zero attached hydrogens (tertiary/aromatic N) is 1. The molecule has 1 saturated heterocycles. The second kappa shape index (κ2) is 10.8. The summed E-state index contributed by atoms with van der Waals surface area (Å²) in [5, 5.41) is 5.26. The number of ether oxygens (including phenoxy) is 1. The first-order valence-electron chi connectivity index (χ1n) is 9.93. The van der Waals surface area contributed by atoms with E-state index in [-0.39, 0.29) is 36.2 Å². The van der Waals surface area contributed by atoms with Crippen molar-refractivity contribution in [1.29, 1.82) is 0 Å². The van der Waals surface area contributed by atoms with E-state index in [1.165, 1.54) is 30.3 Å². The Morgan fingerprint density at radius 1 is 0.933 bits per heavy atom. The molecule has 0 aliphatic carbocycles. The predicted octanol–water partition coefficient (Wildman–Crippen LogP) is 3.20. The lowest BCUT2D eigenvalue weighted by Crippen LogP contribution is -2.38. The molecule has 0 atom stereocenters. The molecule has 6 nitrogen and oxygen atoms in total. The van der Waals surface area contributed by atoms with Gasteiger partial charge in [-0.3, -0.25) is 14.5 Å². The van der Waals surface area contributed by atoms with Crippen LogP contribution in [0.4, 0.5) is 20.2 Å². The molecule has 1 heterocycles. The van der Waals surface area contributed by atoms with E-state index < -0.39 is 5.82 Å². The van der Waals surface area contributed by atoms with Gasteiger partial charge in [-0.1, -0.05) is 12.1 Å². The summed E-state index contributed by atoms with van der Waals surface area (Å²) in [6, 6.07) is 10.00. The zero-order chi connectivity index (χ0) is 21.3. The zero-order valence-corrected chi connectivity index (χ0v) is 16.6. The third-order valence-corrected chi connectivity index (χ3v) is 4.84. The van der Waals surface area contributed by atoms with Crippen molar-refractivity contribution in [2.75, 3.05) is 43.5 Å². The lowest BCUT2D eigenvalue weighted by atomic mass is 10.1. The second-order valence-electron chi connectivity index (χ2n) is 7.12. The van der Waals surface area contributed by atoms with Gasteiger partial charge in [0, 0.05) is 38.2 Å². The molecule has 1 fully saturated rings. The molecule has 0 unspecified atom stereocenters. The van der Waals surface area contributed by atoms with Crippen LogP contribution in [-0.4, -0.2) is 49.6 Å². The number of benzene rings is 2. The van der Waals surface area contributed by atoms with E-state index in [4.69, 9.17) is 4.74 Å². The van der Waals surface area contributed by atoms with Crippen molar-refractivity contribution in [3.63, 3.8) is 0 Å². The Morgan fingerprint density at radius 3 is 2.37 bits per heavy atom. The van der Waals surface area contributed by atoms with E-state index in [9.17, 15) is 18.4 Å². The maximum atomic E-state index is 14.1. The maximum Gasteiger partial charge on any atom is 0.225 e. The first-order chi connectivity index (χ1) is 14.5. The molecule has 0 radical (unpaired) electrons. The van der Waals surface area contributed by atoms with Crippen molar-refractivity contribution >= 4 is 23.2 Å². The maximum absolute atomic E-state index is 14.1. The van der Waals surface area contributed by atoms with Crippen LogP contribution in [0.2, 0.25) is 0 Å².